The summed E-state index contributed by atoms with van der Waals surface area (Å²) in [6.45, 7) is 10.5. The van der Waals surface area contributed by atoms with Crippen molar-refractivity contribution >= 4 is 57.2 Å². The van der Waals surface area contributed by atoms with E-state index in [1.165, 1.54) is 11.4 Å². The second-order valence-electron chi connectivity index (χ2n) is 12.7. The average Bonchev–Trinajstić information content (AvgIpc) is 3.90. The van der Waals surface area contributed by atoms with Gasteiger partial charge in [-0.2, -0.15) is 0 Å². The molecular weight excluding hydrogens is 679 g/mol. The summed E-state index contributed by atoms with van der Waals surface area (Å²) >= 11 is 14.7. The zero-order valence-corrected chi connectivity index (χ0v) is 30.2. The Morgan fingerprint density at radius 3 is 2.35 bits per heavy atom. The summed E-state index contributed by atoms with van der Waals surface area (Å²) in [5.74, 6) is 0.820. The van der Waals surface area contributed by atoms with Crippen molar-refractivity contribution in [2.75, 3.05) is 61.5 Å². The number of aromatic nitrogens is 2. The van der Waals surface area contributed by atoms with Crippen LogP contribution in [0.1, 0.15) is 25.8 Å². The minimum atomic E-state index is -1.08. The minimum Gasteiger partial charge on any atom is -0.491 e. The normalized spacial score (nSPS) is 22.7. The molecule has 3 atom stereocenters. The Labute approximate surface area is 302 Å². The summed E-state index contributed by atoms with van der Waals surface area (Å²) < 4.78 is 20.9. The Hall–Kier alpha value is -3.41. The van der Waals surface area contributed by atoms with Crippen molar-refractivity contribution in [1.29, 1.82) is 0 Å². The first-order valence-electron chi connectivity index (χ1n) is 16.9. The van der Waals surface area contributed by atoms with E-state index < -0.39 is 5.79 Å². The van der Waals surface area contributed by atoms with Crippen LogP contribution in [0.2, 0.25) is 10.0 Å². The third kappa shape index (κ3) is 7.84. The molecule has 0 bridgehead atoms. The van der Waals surface area contributed by atoms with Crippen molar-refractivity contribution in [2.24, 2.45) is 4.99 Å². The lowest BCUT2D eigenvalue weighted by molar-refractivity contribution is -0.189. The average molecular weight is 722 g/mol. The Bertz CT molecular complexity index is 1720. The number of anilines is 2. The number of thioether (sulfide) groups is 1. The summed E-state index contributed by atoms with van der Waals surface area (Å²) in [4.78, 5) is 16.5. The highest BCUT2D eigenvalue weighted by Gasteiger charge is 2.45. The number of rotatable bonds is 11. The van der Waals surface area contributed by atoms with E-state index >= 15 is 0 Å². The first-order valence-corrected chi connectivity index (χ1v) is 18.7. The number of benzene rings is 3. The molecule has 0 radical (unpaired) electrons. The predicted molar refractivity (Wildman–Crippen MR) is 200 cm³/mol. The molecule has 3 aliphatic rings. The largest absolute Gasteiger partial charge is 0.491 e. The molecule has 4 aromatic rings. The lowest BCUT2D eigenvalue weighted by Crippen LogP contribution is -2.46. The van der Waals surface area contributed by atoms with Gasteiger partial charge in [0.25, 0.3) is 0 Å². The molecule has 0 spiro atoms. The highest BCUT2D eigenvalue weighted by atomic mass is 35.5. The number of ether oxygens (including phenoxy) is 3. The zero-order valence-electron chi connectivity index (χ0n) is 27.9. The number of nitrogens with zero attached hydrogens (tertiary/aromatic N) is 6. The van der Waals surface area contributed by atoms with Gasteiger partial charge in [-0.3, -0.25) is 0 Å². The standard InChI is InChI=1S/C37H42Cl2N6O3S/c1-3-27(2)45-20-21-49-36(45)41-29-5-7-30(8-6-29)43-16-18-44(19-17-43)31-9-11-32(12-10-31)46-23-33-24-47-37(48-33,25-42-15-14-40-26-42)34-13-4-28(38)22-35(34)39/h4-15,22,26-27,33H,3,16-21,23-25H2,1-2H3/t27?,33-,37-/m1/s1. The molecule has 3 aliphatic heterocycles. The summed E-state index contributed by atoms with van der Waals surface area (Å²) in [7, 11) is 0. The SMILES string of the molecule is CCC(C)N1CCSC1=Nc1ccc(N2CCN(c3ccc(OC[C@@H]4CO[C@@](Cn5ccnc5)(c5ccc(Cl)cc5Cl)O4)cc3)CC2)cc1. The highest BCUT2D eigenvalue weighted by Crippen LogP contribution is 2.41. The Morgan fingerprint density at radius 1 is 0.980 bits per heavy atom. The fraction of sp³-hybridized carbons (Fsp3) is 0.405. The second-order valence-corrected chi connectivity index (χ2v) is 14.6. The van der Waals surface area contributed by atoms with Gasteiger partial charge in [-0.15, -0.1) is 0 Å². The first-order chi connectivity index (χ1) is 23.9. The van der Waals surface area contributed by atoms with Crippen molar-refractivity contribution in [3.8, 4) is 5.75 Å². The third-order valence-corrected chi connectivity index (χ3v) is 11.0. The van der Waals surface area contributed by atoms with E-state index in [0.717, 1.165) is 67.1 Å². The first kappa shape index (κ1) is 34.1. The molecule has 3 fully saturated rings. The van der Waals surface area contributed by atoms with Crippen LogP contribution in [-0.4, -0.2) is 83.5 Å². The number of halogens is 2. The van der Waals surface area contributed by atoms with Crippen LogP contribution in [0.4, 0.5) is 17.1 Å². The van der Waals surface area contributed by atoms with Crippen LogP contribution in [0.3, 0.4) is 0 Å². The molecule has 7 rings (SSSR count). The van der Waals surface area contributed by atoms with Crippen molar-refractivity contribution in [3.05, 3.63) is 101 Å². The maximum absolute atomic E-state index is 6.61. The van der Waals surface area contributed by atoms with Crippen LogP contribution in [0.15, 0.2) is 90.4 Å². The molecule has 258 valence electrons. The Balaban J connectivity index is 0.912. The molecule has 12 heteroatoms. The molecule has 1 aromatic heterocycles. The second kappa shape index (κ2) is 15.2. The molecule has 0 amide bonds. The number of hydrogen-bond donors (Lipinski definition) is 0. The van der Waals surface area contributed by atoms with Crippen molar-refractivity contribution < 1.29 is 14.2 Å². The smallest absolute Gasteiger partial charge is 0.215 e. The van der Waals surface area contributed by atoms with Crippen LogP contribution in [0.5, 0.6) is 5.75 Å². The van der Waals surface area contributed by atoms with Crippen molar-refractivity contribution in [1.82, 2.24) is 14.5 Å². The van der Waals surface area contributed by atoms with E-state index in [2.05, 4.69) is 69.9 Å². The van der Waals surface area contributed by atoms with E-state index in [0.29, 0.717) is 35.8 Å². The van der Waals surface area contributed by atoms with Gasteiger partial charge in [-0.25, -0.2) is 9.98 Å². The molecule has 3 saturated heterocycles. The van der Waals surface area contributed by atoms with Crippen LogP contribution in [0, 0.1) is 0 Å². The highest BCUT2D eigenvalue weighted by molar-refractivity contribution is 8.14. The Morgan fingerprint density at radius 2 is 1.69 bits per heavy atom. The van der Waals surface area contributed by atoms with Gasteiger partial charge in [0.05, 0.1) is 30.2 Å². The maximum atomic E-state index is 6.61. The predicted octanol–water partition coefficient (Wildman–Crippen LogP) is 7.70. The minimum absolute atomic E-state index is 0.287. The van der Waals surface area contributed by atoms with Crippen LogP contribution >= 0.6 is 35.0 Å². The molecule has 49 heavy (non-hydrogen) atoms. The number of amidine groups is 1. The summed E-state index contributed by atoms with van der Waals surface area (Å²) in [6, 6.07) is 22.9. The van der Waals surface area contributed by atoms with E-state index in [1.54, 1.807) is 24.7 Å². The fourth-order valence-corrected chi connectivity index (χ4v) is 8.16. The van der Waals surface area contributed by atoms with Gasteiger partial charge in [-0.1, -0.05) is 48.0 Å². The van der Waals surface area contributed by atoms with Crippen molar-refractivity contribution in [2.45, 2.75) is 44.7 Å². The van der Waals surface area contributed by atoms with E-state index in [1.807, 2.05) is 40.7 Å². The van der Waals surface area contributed by atoms with Gasteiger partial charge in [0.1, 0.15) is 18.5 Å². The number of piperazine rings is 1. The fourth-order valence-electron chi connectivity index (χ4n) is 6.53. The van der Waals surface area contributed by atoms with Crippen LogP contribution in [-0.2, 0) is 21.8 Å². The number of imidazole rings is 1. The van der Waals surface area contributed by atoms with E-state index in [9.17, 15) is 0 Å². The lowest BCUT2D eigenvalue weighted by Gasteiger charge is -2.37. The van der Waals surface area contributed by atoms with Gasteiger partial charge in [0.15, 0.2) is 5.17 Å². The monoisotopic (exact) mass is 720 g/mol. The molecular formula is C37H42Cl2N6O3S. The van der Waals surface area contributed by atoms with Gasteiger partial charge in [-0.05, 0) is 74.0 Å². The van der Waals surface area contributed by atoms with E-state index in [4.69, 9.17) is 42.4 Å². The zero-order chi connectivity index (χ0) is 33.8. The number of hydrogen-bond acceptors (Lipinski definition) is 8. The molecule has 0 saturated carbocycles. The lowest BCUT2D eigenvalue weighted by atomic mass is 10.1. The van der Waals surface area contributed by atoms with Crippen LogP contribution in [0.25, 0.3) is 0 Å². The molecule has 4 heterocycles. The summed E-state index contributed by atoms with van der Waals surface area (Å²) in [5.41, 5.74) is 4.18. The maximum Gasteiger partial charge on any atom is 0.215 e. The van der Waals surface area contributed by atoms with Crippen molar-refractivity contribution in [3.63, 3.8) is 0 Å². The molecule has 0 N–H and O–H groups in total. The summed E-state index contributed by atoms with van der Waals surface area (Å²) in [5, 5.41) is 2.19. The third-order valence-electron chi connectivity index (χ3n) is 9.44. The van der Waals surface area contributed by atoms with Gasteiger partial charge >= 0.3 is 0 Å². The Kier molecular flexibility index (Phi) is 10.6. The molecule has 1 unspecified atom stereocenters. The number of aliphatic imine (C=N–C) groups is 1. The van der Waals surface area contributed by atoms with Gasteiger partial charge in [0, 0.05) is 78.9 Å². The van der Waals surface area contributed by atoms with Gasteiger partial charge < -0.3 is 33.5 Å². The summed E-state index contributed by atoms with van der Waals surface area (Å²) in [6.07, 6.45) is 6.17. The quantitative estimate of drug-likeness (QED) is 0.156. The molecule has 9 nitrogen and oxygen atoms in total. The van der Waals surface area contributed by atoms with Crippen LogP contribution < -0.4 is 14.5 Å². The topological polar surface area (TPSA) is 67.6 Å². The van der Waals surface area contributed by atoms with Gasteiger partial charge in [0.2, 0.25) is 5.79 Å². The molecule has 0 aliphatic carbocycles. The van der Waals surface area contributed by atoms with E-state index in [-0.39, 0.29) is 6.10 Å². The molecule has 3 aromatic carbocycles.